The number of nitrogens with zero attached hydrogens (tertiary/aromatic N) is 2. The van der Waals surface area contributed by atoms with Crippen molar-refractivity contribution in [2.45, 2.75) is 0 Å². The number of aromatic nitrogens is 1. The second-order valence-corrected chi connectivity index (χ2v) is 15.7. The summed E-state index contributed by atoms with van der Waals surface area (Å²) in [7, 11) is 0. The summed E-state index contributed by atoms with van der Waals surface area (Å²) < 4.78 is 8.85. The Morgan fingerprint density at radius 3 is 1.62 bits per heavy atom. The quantitative estimate of drug-likeness (QED) is 0.161. The lowest BCUT2D eigenvalue weighted by atomic mass is 9.94. The maximum Gasteiger partial charge on any atom is 0.137 e. The van der Waals surface area contributed by atoms with Crippen molar-refractivity contribution in [2.75, 3.05) is 4.90 Å². The summed E-state index contributed by atoms with van der Waals surface area (Å²) in [6, 6.07) is 82.8. The van der Waals surface area contributed by atoms with E-state index in [9.17, 15) is 0 Å². The Morgan fingerprint density at radius 2 is 0.869 bits per heavy atom. The van der Waals surface area contributed by atoms with Gasteiger partial charge in [0.1, 0.15) is 11.2 Å². The van der Waals surface area contributed by atoms with E-state index in [1.807, 2.05) is 12.1 Å². The topological polar surface area (TPSA) is 21.3 Å². The molecule has 12 aromatic rings. The maximum atomic E-state index is 6.42. The minimum absolute atomic E-state index is 0.864. The fraction of sp³-hybridized carbons (Fsp3) is 0. The molecule has 0 saturated carbocycles. The molecule has 0 N–H and O–H groups in total. The van der Waals surface area contributed by atoms with Crippen LogP contribution in [0.25, 0.3) is 93.6 Å². The molecule has 0 amide bonds. The van der Waals surface area contributed by atoms with Gasteiger partial charge in [0.05, 0.1) is 11.0 Å². The van der Waals surface area contributed by atoms with Gasteiger partial charge in [-0.15, -0.1) is 0 Å². The van der Waals surface area contributed by atoms with Crippen molar-refractivity contribution in [1.82, 2.24) is 4.57 Å². The average molecular weight is 779 g/mol. The van der Waals surface area contributed by atoms with Crippen molar-refractivity contribution in [3.63, 3.8) is 0 Å². The van der Waals surface area contributed by atoms with Crippen molar-refractivity contribution in [1.29, 1.82) is 0 Å². The van der Waals surface area contributed by atoms with E-state index in [0.29, 0.717) is 0 Å². The third-order valence-electron chi connectivity index (χ3n) is 12.2. The molecule has 0 aliphatic carbocycles. The third-order valence-corrected chi connectivity index (χ3v) is 12.2. The Hall–Kier alpha value is -8.14. The molecule has 0 atom stereocenters. The monoisotopic (exact) mass is 778 g/mol. The van der Waals surface area contributed by atoms with E-state index in [1.165, 1.54) is 60.4 Å². The van der Waals surface area contributed by atoms with Crippen LogP contribution in [0.15, 0.2) is 235 Å². The zero-order valence-corrected chi connectivity index (χ0v) is 33.2. The van der Waals surface area contributed by atoms with Crippen molar-refractivity contribution < 1.29 is 4.42 Å². The maximum absolute atomic E-state index is 6.42. The van der Waals surface area contributed by atoms with Crippen molar-refractivity contribution in [2.24, 2.45) is 0 Å². The first kappa shape index (κ1) is 34.9. The minimum Gasteiger partial charge on any atom is -0.456 e. The van der Waals surface area contributed by atoms with Crippen LogP contribution in [-0.4, -0.2) is 4.57 Å². The van der Waals surface area contributed by atoms with Crippen LogP contribution in [0.2, 0.25) is 0 Å². The first-order valence-electron chi connectivity index (χ1n) is 20.8. The van der Waals surface area contributed by atoms with E-state index in [0.717, 1.165) is 50.3 Å². The zero-order chi connectivity index (χ0) is 40.3. The molecule has 0 fully saturated rings. The van der Waals surface area contributed by atoms with Crippen LogP contribution in [0, 0.1) is 0 Å². The summed E-state index contributed by atoms with van der Waals surface area (Å²) in [6.45, 7) is 0. The Labute approximate surface area is 353 Å². The largest absolute Gasteiger partial charge is 0.456 e. The van der Waals surface area contributed by atoms with Gasteiger partial charge in [-0.1, -0.05) is 164 Å². The Balaban J connectivity index is 0.974. The number of para-hydroxylation sites is 2. The van der Waals surface area contributed by atoms with Crippen LogP contribution in [0.5, 0.6) is 0 Å². The molecule has 0 spiro atoms. The first-order chi connectivity index (χ1) is 30.2. The molecule has 3 heteroatoms. The van der Waals surface area contributed by atoms with Crippen LogP contribution in [0.3, 0.4) is 0 Å². The van der Waals surface area contributed by atoms with Gasteiger partial charge in [0, 0.05) is 55.7 Å². The van der Waals surface area contributed by atoms with Crippen molar-refractivity contribution in [3.05, 3.63) is 231 Å². The minimum atomic E-state index is 0.864. The van der Waals surface area contributed by atoms with E-state index in [4.69, 9.17) is 4.42 Å². The van der Waals surface area contributed by atoms with Gasteiger partial charge in [0.2, 0.25) is 0 Å². The summed E-state index contributed by atoms with van der Waals surface area (Å²) in [4.78, 5) is 2.32. The highest BCUT2D eigenvalue weighted by atomic mass is 16.3. The SMILES string of the molecule is c1ccc(-c2ccccc2-c2ccc(N(c3ccc(-c4ccc5c6ccc7ccccc7c6n(-c6ccccc6)c5c4)cc3)c3ccc4c(c3)oc3ccccc34)cc2)cc1. The molecule has 2 heterocycles. The number of hydrogen-bond donors (Lipinski definition) is 0. The third kappa shape index (κ3) is 5.90. The molecule has 0 unspecified atom stereocenters. The number of anilines is 3. The molecule has 3 nitrogen and oxygen atoms in total. The summed E-state index contributed by atoms with van der Waals surface area (Å²) in [5.41, 5.74) is 15.6. The molecular formula is C58H38N2O. The summed E-state index contributed by atoms with van der Waals surface area (Å²) in [6.07, 6.45) is 0. The smallest absolute Gasteiger partial charge is 0.137 e. The predicted molar refractivity (Wildman–Crippen MR) is 257 cm³/mol. The van der Waals surface area contributed by atoms with Crippen LogP contribution in [0.4, 0.5) is 17.1 Å². The fourth-order valence-corrected chi connectivity index (χ4v) is 9.30. The van der Waals surface area contributed by atoms with E-state index in [2.05, 4.69) is 228 Å². The number of rotatable bonds is 7. The summed E-state index contributed by atoms with van der Waals surface area (Å²) >= 11 is 0. The second-order valence-electron chi connectivity index (χ2n) is 15.7. The lowest BCUT2D eigenvalue weighted by Crippen LogP contribution is -2.09. The molecule has 0 bridgehead atoms. The van der Waals surface area contributed by atoms with Crippen LogP contribution < -0.4 is 4.90 Å². The molecule has 10 aromatic carbocycles. The van der Waals surface area contributed by atoms with Gasteiger partial charge in [0.15, 0.2) is 0 Å². The number of benzene rings is 10. The highest BCUT2D eigenvalue weighted by Crippen LogP contribution is 2.42. The standard InChI is InChI=1S/C58H38N2O/c1-3-13-40(14-4-1)48-18-9-10-19-49(48)42-25-31-46(32-26-42)59(47-33-36-53-52-21-11-12-22-56(52)61-57(53)38-47)45-29-23-39(24-30-45)43-28-34-51-54-35-27-41-15-7-8-20-50(41)58(54)60(55(51)37-43)44-16-5-2-6-17-44/h1-38H. The molecule has 0 aliphatic rings. The number of fused-ring (bicyclic) bond motifs is 8. The van der Waals surface area contributed by atoms with Gasteiger partial charge in [-0.05, 0) is 99.4 Å². The van der Waals surface area contributed by atoms with Crippen molar-refractivity contribution in [3.8, 4) is 39.1 Å². The Morgan fingerprint density at radius 1 is 0.328 bits per heavy atom. The second kappa shape index (κ2) is 14.3. The highest BCUT2D eigenvalue weighted by Gasteiger charge is 2.19. The van der Waals surface area contributed by atoms with Gasteiger partial charge in [-0.25, -0.2) is 0 Å². The highest BCUT2D eigenvalue weighted by molar-refractivity contribution is 6.19. The van der Waals surface area contributed by atoms with Crippen LogP contribution in [0.1, 0.15) is 0 Å². The summed E-state index contributed by atoms with van der Waals surface area (Å²) in [5, 5.41) is 7.22. The van der Waals surface area contributed by atoms with E-state index in [1.54, 1.807) is 0 Å². The molecule has 0 saturated heterocycles. The lowest BCUT2D eigenvalue weighted by molar-refractivity contribution is 0.669. The molecule has 61 heavy (non-hydrogen) atoms. The molecule has 0 radical (unpaired) electrons. The van der Waals surface area contributed by atoms with Crippen LogP contribution >= 0.6 is 0 Å². The van der Waals surface area contributed by atoms with Gasteiger partial charge < -0.3 is 13.9 Å². The number of furan rings is 1. The van der Waals surface area contributed by atoms with Crippen molar-refractivity contribution >= 4 is 71.6 Å². The lowest BCUT2D eigenvalue weighted by Gasteiger charge is -2.26. The Bertz CT molecular complexity index is 3560. The average Bonchev–Trinajstić information content (AvgIpc) is 3.88. The molecule has 2 aromatic heterocycles. The van der Waals surface area contributed by atoms with Gasteiger partial charge in [0.25, 0.3) is 0 Å². The molecule has 12 rings (SSSR count). The van der Waals surface area contributed by atoms with Crippen LogP contribution in [-0.2, 0) is 0 Å². The first-order valence-corrected chi connectivity index (χ1v) is 20.8. The van der Waals surface area contributed by atoms with E-state index >= 15 is 0 Å². The summed E-state index contributed by atoms with van der Waals surface area (Å²) in [5.74, 6) is 0. The predicted octanol–water partition coefficient (Wildman–Crippen LogP) is 16.3. The van der Waals surface area contributed by atoms with Gasteiger partial charge in [-0.2, -0.15) is 0 Å². The normalized spacial score (nSPS) is 11.6. The fourth-order valence-electron chi connectivity index (χ4n) is 9.30. The van der Waals surface area contributed by atoms with Gasteiger partial charge >= 0.3 is 0 Å². The molecule has 0 aliphatic heterocycles. The molecular weight excluding hydrogens is 741 g/mol. The van der Waals surface area contributed by atoms with E-state index in [-0.39, 0.29) is 0 Å². The Kier molecular flexibility index (Phi) is 8.17. The number of hydrogen-bond acceptors (Lipinski definition) is 2. The van der Waals surface area contributed by atoms with Gasteiger partial charge in [-0.3, -0.25) is 0 Å². The zero-order valence-electron chi connectivity index (χ0n) is 33.2. The van der Waals surface area contributed by atoms with E-state index < -0.39 is 0 Å². The molecule has 286 valence electrons.